The van der Waals surface area contributed by atoms with Gasteiger partial charge in [-0.05, 0) is 52.9 Å². The third-order valence-corrected chi connectivity index (χ3v) is 9.20. The summed E-state index contributed by atoms with van der Waals surface area (Å²) >= 11 is 9.94. The minimum absolute atomic E-state index is 0.0691. The van der Waals surface area contributed by atoms with Gasteiger partial charge in [0.05, 0.1) is 26.8 Å². The molecule has 1 N–H and O–H groups in total. The molecule has 2 aromatic carbocycles. The van der Waals surface area contributed by atoms with Crippen molar-refractivity contribution in [2.75, 3.05) is 25.0 Å². The van der Waals surface area contributed by atoms with E-state index < -0.39 is 10.0 Å². The van der Waals surface area contributed by atoms with Gasteiger partial charge in [-0.25, -0.2) is 13.4 Å². The molecule has 3 heterocycles. The number of rotatable bonds is 6. The summed E-state index contributed by atoms with van der Waals surface area (Å²) in [5.74, 6) is 1.05. The van der Waals surface area contributed by atoms with Gasteiger partial charge in [-0.2, -0.15) is 19.2 Å². The van der Waals surface area contributed by atoms with Gasteiger partial charge in [0.2, 0.25) is 10.0 Å². The molecule has 0 atom stereocenters. The number of nitrogens with one attached hydrogen (secondary N) is 1. The van der Waals surface area contributed by atoms with E-state index in [2.05, 4.69) is 26.3 Å². The summed E-state index contributed by atoms with van der Waals surface area (Å²) < 4.78 is 30.2. The first-order valence-electron chi connectivity index (χ1n) is 11.4. The van der Waals surface area contributed by atoms with E-state index in [0.717, 1.165) is 21.5 Å². The second-order valence-electron chi connectivity index (χ2n) is 8.57. The number of hydrogen-bond donors (Lipinski definition) is 1. The van der Waals surface area contributed by atoms with Gasteiger partial charge in [0.25, 0.3) is 0 Å². The highest BCUT2D eigenvalue weighted by molar-refractivity contribution is 9.10. The number of anilines is 1. The molecule has 5 rings (SSSR count). The van der Waals surface area contributed by atoms with Crippen LogP contribution in [0.3, 0.4) is 0 Å². The van der Waals surface area contributed by atoms with Crippen LogP contribution in [0, 0.1) is 17.2 Å². The third-order valence-electron chi connectivity index (χ3n) is 6.35. The van der Waals surface area contributed by atoms with E-state index in [1.54, 1.807) is 22.8 Å². The number of fused-ring (bicyclic) bond motifs is 1. The molecule has 0 amide bonds. The Morgan fingerprint density at radius 1 is 1.14 bits per heavy atom. The monoisotopic (exact) mass is 584 g/mol. The van der Waals surface area contributed by atoms with Crippen molar-refractivity contribution in [3.63, 3.8) is 0 Å². The van der Waals surface area contributed by atoms with Gasteiger partial charge < -0.3 is 5.32 Å². The number of hydrogen-bond acceptors (Lipinski definition) is 6. The number of piperidine rings is 1. The van der Waals surface area contributed by atoms with Crippen molar-refractivity contribution in [3.05, 3.63) is 75.9 Å². The van der Waals surface area contributed by atoms with Crippen LogP contribution >= 0.6 is 27.5 Å². The summed E-state index contributed by atoms with van der Waals surface area (Å²) in [6.07, 6.45) is 3.11. The van der Waals surface area contributed by atoms with Crippen molar-refractivity contribution in [1.82, 2.24) is 18.9 Å². The van der Waals surface area contributed by atoms with Crippen molar-refractivity contribution >= 4 is 49.0 Å². The lowest BCUT2D eigenvalue weighted by atomic mass is 9.98. The molecule has 0 aliphatic carbocycles. The summed E-state index contributed by atoms with van der Waals surface area (Å²) in [6, 6.07) is 17.8. The molecule has 0 radical (unpaired) electrons. The predicted molar refractivity (Wildman–Crippen MR) is 142 cm³/mol. The van der Waals surface area contributed by atoms with Crippen LogP contribution in [0.5, 0.6) is 0 Å². The highest BCUT2D eigenvalue weighted by Gasteiger charge is 2.31. The number of sulfonamides is 1. The number of halogens is 2. The van der Waals surface area contributed by atoms with E-state index in [4.69, 9.17) is 16.6 Å². The smallest absolute Gasteiger partial charge is 0.244 e. The molecule has 184 valence electrons. The molecule has 2 aromatic heterocycles. The standard InChI is InChI=1S/C25H22BrClN6O2S/c26-20-16-30-33-24(13-22(31-25(20)33)19-6-2-3-7-21(19)27)29-15-17-9-11-32(12-10-17)36(34,35)23-8-4-1-5-18(23)14-28/h1-8,13,16-17,29H,9-12,15H2. The zero-order valence-corrected chi connectivity index (χ0v) is 22.3. The van der Waals surface area contributed by atoms with Crippen molar-refractivity contribution in [1.29, 1.82) is 5.26 Å². The van der Waals surface area contributed by atoms with Gasteiger partial charge in [0, 0.05) is 36.3 Å². The van der Waals surface area contributed by atoms with Crippen molar-refractivity contribution in [3.8, 4) is 17.3 Å². The number of nitriles is 1. The molecule has 1 aliphatic heterocycles. The average molecular weight is 586 g/mol. The van der Waals surface area contributed by atoms with Crippen LogP contribution < -0.4 is 5.32 Å². The van der Waals surface area contributed by atoms with Crippen LogP contribution in [0.15, 0.2) is 70.2 Å². The van der Waals surface area contributed by atoms with Crippen molar-refractivity contribution in [2.45, 2.75) is 17.7 Å². The summed E-state index contributed by atoms with van der Waals surface area (Å²) in [4.78, 5) is 4.80. The Balaban J connectivity index is 1.31. The van der Waals surface area contributed by atoms with E-state index >= 15 is 0 Å². The number of aromatic nitrogens is 3. The van der Waals surface area contributed by atoms with E-state index in [1.807, 2.05) is 36.4 Å². The first-order valence-corrected chi connectivity index (χ1v) is 14.0. The summed E-state index contributed by atoms with van der Waals surface area (Å²) in [5.41, 5.74) is 2.40. The number of benzene rings is 2. The molecule has 36 heavy (non-hydrogen) atoms. The Hall–Kier alpha value is -2.97. The molecule has 0 spiro atoms. The van der Waals surface area contributed by atoms with Crippen LogP contribution in [0.25, 0.3) is 16.9 Å². The molecule has 1 aliphatic rings. The lowest BCUT2D eigenvalue weighted by Crippen LogP contribution is -2.40. The normalized spacial score (nSPS) is 15.1. The molecule has 8 nitrogen and oxygen atoms in total. The van der Waals surface area contributed by atoms with Crippen LogP contribution in [-0.2, 0) is 10.0 Å². The van der Waals surface area contributed by atoms with Gasteiger partial charge in [-0.15, -0.1) is 0 Å². The summed E-state index contributed by atoms with van der Waals surface area (Å²) in [6.45, 7) is 1.46. The van der Waals surface area contributed by atoms with Gasteiger partial charge in [-0.3, -0.25) is 0 Å². The predicted octanol–water partition coefficient (Wildman–Crippen LogP) is 5.20. The topological polar surface area (TPSA) is 103 Å². The van der Waals surface area contributed by atoms with Crippen LogP contribution in [-0.4, -0.2) is 47.0 Å². The van der Waals surface area contributed by atoms with Crippen molar-refractivity contribution in [2.24, 2.45) is 5.92 Å². The Labute approximate surface area is 222 Å². The Morgan fingerprint density at radius 2 is 1.86 bits per heavy atom. The molecule has 4 aromatic rings. The van der Waals surface area contributed by atoms with E-state index in [0.29, 0.717) is 43.1 Å². The van der Waals surface area contributed by atoms with Crippen LogP contribution in [0.4, 0.5) is 5.82 Å². The van der Waals surface area contributed by atoms with Gasteiger partial charge in [-0.1, -0.05) is 41.9 Å². The van der Waals surface area contributed by atoms with Crippen LogP contribution in [0.1, 0.15) is 18.4 Å². The lowest BCUT2D eigenvalue weighted by molar-refractivity contribution is 0.282. The fourth-order valence-electron chi connectivity index (χ4n) is 4.39. The quantitative estimate of drug-likeness (QED) is 0.334. The molecule has 1 saturated heterocycles. The van der Waals surface area contributed by atoms with E-state index in [-0.39, 0.29) is 16.4 Å². The van der Waals surface area contributed by atoms with Gasteiger partial charge in [0.15, 0.2) is 5.65 Å². The highest BCUT2D eigenvalue weighted by Crippen LogP contribution is 2.31. The molecule has 11 heteroatoms. The summed E-state index contributed by atoms with van der Waals surface area (Å²) in [7, 11) is -3.71. The third kappa shape index (κ3) is 4.72. The van der Waals surface area contributed by atoms with Gasteiger partial charge >= 0.3 is 0 Å². The van der Waals surface area contributed by atoms with Crippen molar-refractivity contribution < 1.29 is 8.42 Å². The Morgan fingerprint density at radius 3 is 2.61 bits per heavy atom. The maximum absolute atomic E-state index is 13.1. The highest BCUT2D eigenvalue weighted by atomic mass is 79.9. The Bertz CT molecular complexity index is 1580. The maximum Gasteiger partial charge on any atom is 0.244 e. The zero-order valence-electron chi connectivity index (χ0n) is 19.1. The maximum atomic E-state index is 13.1. The fourth-order valence-corrected chi connectivity index (χ4v) is 6.59. The first kappa shape index (κ1) is 24.7. The largest absolute Gasteiger partial charge is 0.370 e. The Kier molecular flexibility index (Phi) is 6.99. The van der Waals surface area contributed by atoms with E-state index in [9.17, 15) is 13.7 Å². The molecule has 0 unspecified atom stereocenters. The van der Waals surface area contributed by atoms with Crippen LogP contribution in [0.2, 0.25) is 5.02 Å². The molecule has 0 saturated carbocycles. The molecular formula is C25H22BrClN6O2S. The average Bonchev–Trinajstić information content (AvgIpc) is 3.28. The molecule has 0 bridgehead atoms. The lowest BCUT2D eigenvalue weighted by Gasteiger charge is -2.31. The minimum atomic E-state index is -3.71. The zero-order chi connectivity index (χ0) is 25.3. The fraction of sp³-hybridized carbons (Fsp3) is 0.240. The molecule has 1 fully saturated rings. The molecular weight excluding hydrogens is 564 g/mol. The first-order chi connectivity index (χ1) is 17.4. The van der Waals surface area contributed by atoms with E-state index in [1.165, 1.54) is 16.4 Å². The summed E-state index contributed by atoms with van der Waals surface area (Å²) in [5, 5.41) is 17.9. The van der Waals surface area contributed by atoms with Gasteiger partial charge in [0.1, 0.15) is 11.9 Å². The SMILES string of the molecule is N#Cc1ccccc1S(=O)(=O)N1CCC(CNc2cc(-c3ccccc3Cl)nc3c(Br)cnn23)CC1. The number of nitrogens with zero attached hydrogens (tertiary/aromatic N) is 5. The second-order valence-corrected chi connectivity index (χ2v) is 11.7. The minimum Gasteiger partial charge on any atom is -0.370 e. The second kappa shape index (κ2) is 10.2.